The van der Waals surface area contributed by atoms with Crippen molar-refractivity contribution in [1.82, 2.24) is 9.97 Å². The largest absolute Gasteiger partial charge is 0.370 e. The molecule has 0 amide bonds. The van der Waals surface area contributed by atoms with Crippen LogP contribution in [0.3, 0.4) is 0 Å². The Balaban J connectivity index is 2.20. The van der Waals surface area contributed by atoms with Crippen molar-refractivity contribution in [3.8, 4) is 0 Å². The van der Waals surface area contributed by atoms with Crippen molar-refractivity contribution in [1.29, 1.82) is 0 Å². The van der Waals surface area contributed by atoms with E-state index < -0.39 is 0 Å². The second-order valence-electron chi connectivity index (χ2n) is 6.93. The van der Waals surface area contributed by atoms with E-state index in [-0.39, 0.29) is 0 Å². The number of nitrogens with one attached hydrogen (secondary N) is 2. The van der Waals surface area contributed by atoms with Crippen LogP contribution in [-0.2, 0) is 0 Å². The Labute approximate surface area is 129 Å². The molecule has 1 saturated carbocycles. The second-order valence-corrected chi connectivity index (χ2v) is 6.93. The molecule has 118 valence electrons. The summed E-state index contributed by atoms with van der Waals surface area (Å²) in [7, 11) is 0. The van der Waals surface area contributed by atoms with Crippen LogP contribution < -0.4 is 10.6 Å². The molecule has 0 saturated heterocycles. The molecule has 21 heavy (non-hydrogen) atoms. The predicted molar refractivity (Wildman–Crippen MR) is 89.9 cm³/mol. The van der Waals surface area contributed by atoms with E-state index in [1.165, 1.54) is 24.8 Å². The van der Waals surface area contributed by atoms with Gasteiger partial charge in [-0.2, -0.15) is 0 Å². The highest BCUT2D eigenvalue weighted by Gasteiger charge is 2.25. The number of hydrogen-bond acceptors (Lipinski definition) is 4. The van der Waals surface area contributed by atoms with Gasteiger partial charge in [-0.3, -0.25) is 0 Å². The van der Waals surface area contributed by atoms with E-state index in [0.717, 1.165) is 30.0 Å². The molecular weight excluding hydrogens is 260 g/mol. The van der Waals surface area contributed by atoms with Crippen LogP contribution in [0.4, 0.5) is 11.6 Å². The summed E-state index contributed by atoms with van der Waals surface area (Å²) in [5.41, 5.74) is 1.21. The average molecular weight is 290 g/mol. The van der Waals surface area contributed by atoms with Gasteiger partial charge in [0.2, 0.25) is 0 Å². The second kappa shape index (κ2) is 7.10. The van der Waals surface area contributed by atoms with Gasteiger partial charge in [0.05, 0.1) is 0 Å². The molecule has 1 aliphatic rings. The quantitative estimate of drug-likeness (QED) is 0.850. The third kappa shape index (κ3) is 4.08. The number of aromatic nitrogens is 2. The van der Waals surface area contributed by atoms with Crippen LogP contribution >= 0.6 is 0 Å². The highest BCUT2D eigenvalue weighted by Crippen LogP contribution is 2.33. The van der Waals surface area contributed by atoms with E-state index in [1.807, 2.05) is 0 Å². The highest BCUT2D eigenvalue weighted by molar-refractivity contribution is 5.59. The van der Waals surface area contributed by atoms with Gasteiger partial charge in [0.25, 0.3) is 0 Å². The zero-order valence-electron chi connectivity index (χ0n) is 14.1. The molecule has 4 heteroatoms. The summed E-state index contributed by atoms with van der Waals surface area (Å²) >= 11 is 0. The zero-order valence-corrected chi connectivity index (χ0v) is 14.1. The standard InChI is InChI=1S/C17H30N4/c1-6-18-16-15(11(2)3)17(20-10-19-16)21-14-8-12(4)7-13(5)9-14/h10-14H,6-9H2,1-5H3,(H2,18,19,20,21). The maximum absolute atomic E-state index is 4.52. The van der Waals surface area contributed by atoms with Crippen LogP contribution in [0.15, 0.2) is 6.33 Å². The molecule has 4 nitrogen and oxygen atoms in total. The van der Waals surface area contributed by atoms with Crippen LogP contribution in [0.2, 0.25) is 0 Å². The number of hydrogen-bond donors (Lipinski definition) is 2. The van der Waals surface area contributed by atoms with Gasteiger partial charge in [-0.05, 0) is 43.9 Å². The molecule has 2 unspecified atom stereocenters. The molecule has 1 heterocycles. The first-order chi connectivity index (χ1) is 10.0. The first-order valence-corrected chi connectivity index (χ1v) is 8.36. The molecule has 1 aromatic heterocycles. The molecule has 2 atom stereocenters. The number of rotatable bonds is 5. The van der Waals surface area contributed by atoms with Crippen molar-refractivity contribution in [3.63, 3.8) is 0 Å². The van der Waals surface area contributed by atoms with Crippen molar-refractivity contribution in [2.75, 3.05) is 17.2 Å². The Morgan fingerprint density at radius 3 is 2.29 bits per heavy atom. The Morgan fingerprint density at radius 2 is 1.71 bits per heavy atom. The third-order valence-corrected chi connectivity index (χ3v) is 4.32. The summed E-state index contributed by atoms with van der Waals surface area (Å²) in [6, 6.07) is 0.533. The molecule has 2 rings (SSSR count). The normalized spacial score (nSPS) is 25.9. The van der Waals surface area contributed by atoms with Gasteiger partial charge in [-0.25, -0.2) is 9.97 Å². The van der Waals surface area contributed by atoms with Crippen LogP contribution in [-0.4, -0.2) is 22.6 Å². The van der Waals surface area contributed by atoms with Crippen LogP contribution in [0.1, 0.15) is 65.4 Å². The monoisotopic (exact) mass is 290 g/mol. The number of nitrogens with zero attached hydrogens (tertiary/aromatic N) is 2. The highest BCUT2D eigenvalue weighted by atomic mass is 15.1. The fourth-order valence-corrected chi connectivity index (χ4v) is 3.62. The van der Waals surface area contributed by atoms with Crippen molar-refractivity contribution < 1.29 is 0 Å². The lowest BCUT2D eigenvalue weighted by atomic mass is 9.80. The summed E-state index contributed by atoms with van der Waals surface area (Å²) in [5.74, 6) is 3.98. The summed E-state index contributed by atoms with van der Waals surface area (Å²) < 4.78 is 0. The van der Waals surface area contributed by atoms with Crippen molar-refractivity contribution in [2.45, 2.75) is 65.8 Å². The SMILES string of the molecule is CCNc1ncnc(NC2CC(C)CC(C)C2)c1C(C)C. The lowest BCUT2D eigenvalue weighted by molar-refractivity contribution is 0.280. The van der Waals surface area contributed by atoms with Crippen LogP contribution in [0, 0.1) is 11.8 Å². The molecule has 0 bridgehead atoms. The van der Waals surface area contributed by atoms with E-state index in [4.69, 9.17) is 0 Å². The topological polar surface area (TPSA) is 49.8 Å². The Bertz CT molecular complexity index is 448. The average Bonchev–Trinajstić information content (AvgIpc) is 2.37. The van der Waals surface area contributed by atoms with Crippen molar-refractivity contribution in [3.05, 3.63) is 11.9 Å². The maximum Gasteiger partial charge on any atom is 0.135 e. The molecule has 0 aliphatic heterocycles. The fraction of sp³-hybridized carbons (Fsp3) is 0.765. The van der Waals surface area contributed by atoms with Gasteiger partial charge in [-0.15, -0.1) is 0 Å². The first-order valence-electron chi connectivity index (χ1n) is 8.36. The molecule has 0 aromatic carbocycles. The molecule has 1 fully saturated rings. The lowest BCUT2D eigenvalue weighted by Gasteiger charge is -2.33. The molecule has 0 spiro atoms. The Hall–Kier alpha value is -1.32. The molecular formula is C17H30N4. The van der Waals surface area contributed by atoms with Crippen LogP contribution in [0.5, 0.6) is 0 Å². The third-order valence-electron chi connectivity index (χ3n) is 4.32. The maximum atomic E-state index is 4.52. The van der Waals surface area contributed by atoms with E-state index in [0.29, 0.717) is 12.0 Å². The molecule has 1 aliphatic carbocycles. The number of anilines is 2. The summed E-state index contributed by atoms with van der Waals surface area (Å²) in [6.07, 6.45) is 5.49. The van der Waals surface area contributed by atoms with Crippen molar-refractivity contribution in [2.24, 2.45) is 11.8 Å². The van der Waals surface area contributed by atoms with Gasteiger partial charge in [-0.1, -0.05) is 27.7 Å². The minimum atomic E-state index is 0.404. The Kier molecular flexibility index (Phi) is 5.43. The lowest BCUT2D eigenvalue weighted by Crippen LogP contribution is -2.31. The molecule has 2 N–H and O–H groups in total. The summed E-state index contributed by atoms with van der Waals surface area (Å²) in [4.78, 5) is 8.94. The molecule has 1 aromatic rings. The van der Waals surface area contributed by atoms with Crippen LogP contribution in [0.25, 0.3) is 0 Å². The molecule has 0 radical (unpaired) electrons. The van der Waals surface area contributed by atoms with E-state index in [9.17, 15) is 0 Å². The van der Waals surface area contributed by atoms with Gasteiger partial charge in [0.15, 0.2) is 0 Å². The predicted octanol–water partition coefficient (Wildman–Crippen LogP) is 4.27. The van der Waals surface area contributed by atoms with Crippen molar-refractivity contribution >= 4 is 11.6 Å². The smallest absolute Gasteiger partial charge is 0.135 e. The minimum absolute atomic E-state index is 0.404. The first kappa shape index (κ1) is 16.1. The van der Waals surface area contributed by atoms with Gasteiger partial charge < -0.3 is 10.6 Å². The van der Waals surface area contributed by atoms with E-state index in [2.05, 4.69) is 55.2 Å². The van der Waals surface area contributed by atoms with Gasteiger partial charge in [0, 0.05) is 18.2 Å². The summed E-state index contributed by atoms with van der Waals surface area (Å²) in [5, 5.41) is 7.06. The zero-order chi connectivity index (χ0) is 15.4. The Morgan fingerprint density at radius 1 is 1.10 bits per heavy atom. The van der Waals surface area contributed by atoms with Gasteiger partial charge in [0.1, 0.15) is 18.0 Å². The van der Waals surface area contributed by atoms with Gasteiger partial charge >= 0.3 is 0 Å². The minimum Gasteiger partial charge on any atom is -0.370 e. The van der Waals surface area contributed by atoms with E-state index >= 15 is 0 Å². The summed E-state index contributed by atoms with van der Waals surface area (Å²) in [6.45, 7) is 12.1. The van der Waals surface area contributed by atoms with E-state index in [1.54, 1.807) is 6.33 Å². The fourth-order valence-electron chi connectivity index (χ4n) is 3.62.